The molecule has 0 aromatic heterocycles. The van der Waals surface area contributed by atoms with Crippen molar-refractivity contribution in [3.8, 4) is 0 Å². The molecule has 1 saturated heterocycles. The first-order valence-corrected chi connectivity index (χ1v) is 12.0. The summed E-state index contributed by atoms with van der Waals surface area (Å²) in [5.41, 5.74) is 5.64. The Morgan fingerprint density at radius 1 is 1.07 bits per heavy atom. The summed E-state index contributed by atoms with van der Waals surface area (Å²) in [5.74, 6) is -0.955. The van der Waals surface area contributed by atoms with E-state index in [-0.39, 0.29) is 39.3 Å². The number of primary amides is 1. The lowest BCUT2D eigenvalue weighted by molar-refractivity contribution is -0.122. The molecule has 1 aromatic carbocycles. The molecule has 2 amide bonds. The molecule has 0 radical (unpaired) electrons. The van der Waals surface area contributed by atoms with Crippen LogP contribution in [0.3, 0.4) is 0 Å². The molecule has 160 valence electrons. The van der Waals surface area contributed by atoms with Crippen LogP contribution in [-0.2, 0) is 14.8 Å². The van der Waals surface area contributed by atoms with Crippen LogP contribution >= 0.6 is 11.6 Å². The van der Waals surface area contributed by atoms with Gasteiger partial charge in [0.25, 0.3) is 5.91 Å². The zero-order valence-electron chi connectivity index (χ0n) is 16.4. The van der Waals surface area contributed by atoms with Crippen LogP contribution in [0.4, 0.5) is 0 Å². The molecule has 0 spiro atoms. The second kappa shape index (κ2) is 9.45. The first-order valence-electron chi connectivity index (χ1n) is 10.2. The lowest BCUT2D eigenvalue weighted by Crippen LogP contribution is -2.41. The molecule has 2 fully saturated rings. The zero-order valence-corrected chi connectivity index (χ0v) is 18.0. The minimum atomic E-state index is -3.76. The molecule has 1 aliphatic heterocycles. The van der Waals surface area contributed by atoms with E-state index in [0.29, 0.717) is 19.5 Å². The van der Waals surface area contributed by atoms with E-state index in [1.165, 1.54) is 22.5 Å². The van der Waals surface area contributed by atoms with Gasteiger partial charge in [0, 0.05) is 30.6 Å². The fraction of sp³-hybridized carbons (Fsp3) is 0.600. The van der Waals surface area contributed by atoms with Gasteiger partial charge in [-0.2, -0.15) is 4.31 Å². The Morgan fingerprint density at radius 3 is 2.41 bits per heavy atom. The summed E-state index contributed by atoms with van der Waals surface area (Å²) in [6.07, 6.45) is 6.48. The van der Waals surface area contributed by atoms with Crippen LogP contribution in [0.15, 0.2) is 23.1 Å². The summed E-state index contributed by atoms with van der Waals surface area (Å²) in [6.45, 7) is 0.928. The van der Waals surface area contributed by atoms with Crippen LogP contribution in [-0.4, -0.2) is 43.7 Å². The molecule has 1 aromatic rings. The molecule has 7 nitrogen and oxygen atoms in total. The summed E-state index contributed by atoms with van der Waals surface area (Å²) in [5, 5.41) is 3.02. The molecule has 29 heavy (non-hydrogen) atoms. The Labute approximate surface area is 177 Å². The van der Waals surface area contributed by atoms with Gasteiger partial charge in [0.15, 0.2) is 0 Å². The fourth-order valence-electron chi connectivity index (χ4n) is 4.11. The molecule has 0 unspecified atom stereocenters. The van der Waals surface area contributed by atoms with Gasteiger partial charge in [-0.25, -0.2) is 8.42 Å². The number of carbonyl (C=O) groups is 2. The maximum absolute atomic E-state index is 13.1. The average Bonchev–Trinajstić information content (AvgIpc) is 2.98. The predicted molar refractivity (Wildman–Crippen MR) is 111 cm³/mol. The lowest BCUT2D eigenvalue weighted by Gasteiger charge is -2.28. The zero-order chi connectivity index (χ0) is 21.0. The van der Waals surface area contributed by atoms with Crippen molar-refractivity contribution in [3.05, 3.63) is 28.8 Å². The standard InChI is InChI=1S/C20H28ClN3O4S/c21-17-9-8-15(20(26)23-16-7-5-6-14(12-16)19(22)25)13-18(17)29(27,28)24-10-3-1-2-4-11-24/h8-9,13-14,16H,1-7,10-12H2,(H2,22,25)(H,23,26)/t14-,16+/m1/s1. The molecule has 3 N–H and O–H groups in total. The van der Waals surface area contributed by atoms with Crippen molar-refractivity contribution in [2.24, 2.45) is 11.7 Å². The minimum Gasteiger partial charge on any atom is -0.369 e. The summed E-state index contributed by atoms with van der Waals surface area (Å²) >= 11 is 6.20. The molecule has 3 rings (SSSR count). The molecule has 1 saturated carbocycles. The van der Waals surface area contributed by atoms with E-state index < -0.39 is 10.0 Å². The topological polar surface area (TPSA) is 110 Å². The molecule has 1 aliphatic carbocycles. The lowest BCUT2D eigenvalue weighted by atomic mass is 9.85. The van der Waals surface area contributed by atoms with E-state index in [4.69, 9.17) is 17.3 Å². The number of amides is 2. The summed E-state index contributed by atoms with van der Waals surface area (Å²) in [4.78, 5) is 24.1. The average molecular weight is 442 g/mol. The largest absolute Gasteiger partial charge is 0.369 e. The van der Waals surface area contributed by atoms with Crippen LogP contribution in [0.5, 0.6) is 0 Å². The first-order chi connectivity index (χ1) is 13.8. The van der Waals surface area contributed by atoms with Crippen molar-refractivity contribution in [1.82, 2.24) is 9.62 Å². The van der Waals surface area contributed by atoms with Gasteiger partial charge in [0.1, 0.15) is 4.90 Å². The number of halogens is 1. The van der Waals surface area contributed by atoms with Gasteiger partial charge in [-0.3, -0.25) is 9.59 Å². The van der Waals surface area contributed by atoms with Gasteiger partial charge in [0.05, 0.1) is 5.02 Å². The predicted octanol–water partition coefficient (Wildman–Crippen LogP) is 2.68. The smallest absolute Gasteiger partial charge is 0.251 e. The summed E-state index contributed by atoms with van der Waals surface area (Å²) in [6, 6.07) is 4.17. The Balaban J connectivity index is 1.77. The van der Waals surface area contributed by atoms with Gasteiger partial charge in [-0.15, -0.1) is 0 Å². The Kier molecular flexibility index (Phi) is 7.19. The number of carbonyl (C=O) groups excluding carboxylic acids is 2. The van der Waals surface area contributed by atoms with Crippen LogP contribution in [0.2, 0.25) is 5.02 Å². The third kappa shape index (κ3) is 5.29. The molecule has 2 atom stereocenters. The van der Waals surface area contributed by atoms with E-state index in [0.717, 1.165) is 44.9 Å². The maximum atomic E-state index is 13.1. The van der Waals surface area contributed by atoms with E-state index in [9.17, 15) is 18.0 Å². The van der Waals surface area contributed by atoms with Crippen molar-refractivity contribution in [1.29, 1.82) is 0 Å². The van der Waals surface area contributed by atoms with Crippen molar-refractivity contribution in [3.63, 3.8) is 0 Å². The van der Waals surface area contributed by atoms with Crippen molar-refractivity contribution < 1.29 is 18.0 Å². The van der Waals surface area contributed by atoms with Crippen molar-refractivity contribution in [2.75, 3.05) is 13.1 Å². The highest BCUT2D eigenvalue weighted by atomic mass is 35.5. The number of sulfonamides is 1. The Hall–Kier alpha value is -1.64. The van der Waals surface area contributed by atoms with E-state index in [1.807, 2.05) is 0 Å². The number of nitrogens with zero attached hydrogens (tertiary/aromatic N) is 1. The number of hydrogen-bond acceptors (Lipinski definition) is 4. The second-order valence-corrected chi connectivity index (χ2v) is 10.2. The van der Waals surface area contributed by atoms with E-state index in [1.54, 1.807) is 0 Å². The van der Waals surface area contributed by atoms with Gasteiger partial charge in [-0.05, 0) is 50.3 Å². The normalized spacial score (nSPS) is 23.9. The quantitative estimate of drug-likeness (QED) is 0.731. The third-order valence-corrected chi connectivity index (χ3v) is 8.17. The SMILES string of the molecule is NC(=O)[C@@H]1CCC[C@H](NC(=O)c2ccc(Cl)c(S(=O)(=O)N3CCCCCC3)c2)C1. The third-order valence-electron chi connectivity index (χ3n) is 5.79. The van der Waals surface area contributed by atoms with Crippen molar-refractivity contribution in [2.45, 2.75) is 62.3 Å². The second-order valence-electron chi connectivity index (χ2n) is 7.90. The van der Waals surface area contributed by atoms with Gasteiger partial charge in [0.2, 0.25) is 15.9 Å². The summed E-state index contributed by atoms with van der Waals surface area (Å²) in [7, 11) is -3.76. The van der Waals surface area contributed by atoms with Crippen LogP contribution in [0, 0.1) is 5.92 Å². The summed E-state index contributed by atoms with van der Waals surface area (Å²) < 4.78 is 27.7. The number of rotatable bonds is 5. The van der Waals surface area contributed by atoms with Gasteiger partial charge in [-0.1, -0.05) is 30.9 Å². The Morgan fingerprint density at radius 2 is 1.76 bits per heavy atom. The highest BCUT2D eigenvalue weighted by molar-refractivity contribution is 7.89. The van der Waals surface area contributed by atoms with Gasteiger partial charge < -0.3 is 11.1 Å². The number of nitrogens with one attached hydrogen (secondary N) is 1. The number of hydrogen-bond donors (Lipinski definition) is 2. The van der Waals surface area contributed by atoms with E-state index >= 15 is 0 Å². The van der Waals surface area contributed by atoms with E-state index in [2.05, 4.69) is 5.32 Å². The van der Waals surface area contributed by atoms with Crippen LogP contribution in [0.25, 0.3) is 0 Å². The highest BCUT2D eigenvalue weighted by Crippen LogP contribution is 2.28. The van der Waals surface area contributed by atoms with Gasteiger partial charge >= 0.3 is 0 Å². The molecular weight excluding hydrogens is 414 g/mol. The molecule has 2 aliphatic rings. The first kappa shape index (κ1) is 22.1. The monoisotopic (exact) mass is 441 g/mol. The minimum absolute atomic E-state index is 0.0348. The number of nitrogens with two attached hydrogens (primary N) is 1. The van der Waals surface area contributed by atoms with Crippen molar-refractivity contribution >= 4 is 33.4 Å². The molecular formula is C20H28ClN3O4S. The van der Waals surface area contributed by atoms with Crippen LogP contribution in [0.1, 0.15) is 61.7 Å². The number of benzene rings is 1. The fourth-order valence-corrected chi connectivity index (χ4v) is 6.13. The molecule has 9 heteroatoms. The Bertz CT molecular complexity index is 866. The highest BCUT2D eigenvalue weighted by Gasteiger charge is 2.30. The molecule has 1 heterocycles. The molecule has 0 bridgehead atoms. The maximum Gasteiger partial charge on any atom is 0.251 e. The van der Waals surface area contributed by atoms with Crippen LogP contribution < -0.4 is 11.1 Å².